The van der Waals surface area contributed by atoms with Crippen molar-refractivity contribution in [2.75, 3.05) is 0 Å². The summed E-state index contributed by atoms with van der Waals surface area (Å²) in [6, 6.07) is 0. The minimum atomic E-state index is -2.92. The van der Waals surface area contributed by atoms with Crippen LogP contribution in [-0.2, 0) is 35.2 Å². The van der Waals surface area contributed by atoms with E-state index in [0.717, 1.165) is 0 Å². The van der Waals surface area contributed by atoms with E-state index in [2.05, 4.69) is 4.31 Å². The fourth-order valence-corrected chi connectivity index (χ4v) is 0.538. The number of hydrogen-bond donors (Lipinski definition) is 2. The van der Waals surface area contributed by atoms with Crippen molar-refractivity contribution in [3.63, 3.8) is 0 Å². The Bertz CT molecular complexity index is 86.6. The van der Waals surface area contributed by atoms with Crippen LogP contribution >= 0.6 is 16.5 Å². The molecule has 5 nitrogen and oxygen atoms in total. The molecule has 0 aromatic carbocycles. The zero-order valence-electron chi connectivity index (χ0n) is 3.51. The van der Waals surface area contributed by atoms with E-state index in [0.29, 0.717) is 0 Å². The summed E-state index contributed by atoms with van der Waals surface area (Å²) in [4.78, 5) is 15.3. The average Bonchev–Trinajstić information content (AvgIpc) is 1.27. The molecule has 8 heteroatoms. The molecule has 0 rings (SSSR count). The Labute approximate surface area is 61.8 Å². The van der Waals surface area contributed by atoms with Crippen molar-refractivity contribution in [3.8, 4) is 0 Å². The van der Waals surface area contributed by atoms with Gasteiger partial charge in [-0.05, 0) is 0 Å². The van der Waals surface area contributed by atoms with Crippen LogP contribution in [0.15, 0.2) is 0 Å². The van der Waals surface area contributed by atoms with Crippen molar-refractivity contribution in [2.24, 2.45) is 0 Å². The van der Waals surface area contributed by atoms with Crippen LogP contribution in [0.25, 0.3) is 0 Å². The molecule has 0 aliphatic heterocycles. The minimum absolute atomic E-state index is 0. The predicted octanol–water partition coefficient (Wildman–Crippen LogP) is 0.300. The molecule has 0 aromatic heterocycles. The van der Waals surface area contributed by atoms with Gasteiger partial charge in [0.05, 0.1) is 0 Å². The first kappa shape index (κ1) is 11.6. The zero-order chi connectivity index (χ0) is 5.86. The van der Waals surface area contributed by atoms with Gasteiger partial charge in [-0.15, -0.1) is 9.79 Å². The summed E-state index contributed by atoms with van der Waals surface area (Å²) in [7, 11) is -5.85. The molecule has 0 bridgehead atoms. The van der Waals surface area contributed by atoms with E-state index in [1.54, 1.807) is 0 Å². The summed E-state index contributed by atoms with van der Waals surface area (Å²) >= 11 is 0. The van der Waals surface area contributed by atoms with Gasteiger partial charge < -0.3 is 0 Å². The standard InChI is InChI=1S/O5P2.Ti/c1-6(2)5-7(3)4;/p+2. The topological polar surface area (TPSA) is 83.8 Å². The Morgan fingerprint density at radius 3 is 1.38 bits per heavy atom. The van der Waals surface area contributed by atoms with Crippen molar-refractivity contribution in [1.29, 1.82) is 0 Å². The molecule has 0 amide bonds. The quantitative estimate of drug-likeness (QED) is 0.485. The van der Waals surface area contributed by atoms with Crippen LogP contribution in [0.5, 0.6) is 0 Å². The second-order valence-electron chi connectivity index (χ2n) is 0.557. The number of hydrogen-bond acceptors (Lipinski definition) is 3. The van der Waals surface area contributed by atoms with Gasteiger partial charge in [0.1, 0.15) is 0 Å². The summed E-state index contributed by atoms with van der Waals surface area (Å²) in [6.07, 6.45) is 0. The molecule has 44 valence electrons. The van der Waals surface area contributed by atoms with E-state index in [-0.39, 0.29) is 21.7 Å². The van der Waals surface area contributed by atoms with Crippen molar-refractivity contribution < 1.29 is 44.9 Å². The first-order valence-electron chi connectivity index (χ1n) is 1.13. The van der Waals surface area contributed by atoms with Crippen molar-refractivity contribution in [1.82, 2.24) is 0 Å². The number of rotatable bonds is 2. The molecule has 0 saturated heterocycles. The van der Waals surface area contributed by atoms with Crippen LogP contribution in [0.3, 0.4) is 0 Å². The molecule has 0 spiro atoms. The summed E-state index contributed by atoms with van der Waals surface area (Å²) < 4.78 is 22.2. The minimum Gasteiger partial charge on any atom is -0.131 e. The van der Waals surface area contributed by atoms with E-state index >= 15 is 0 Å². The van der Waals surface area contributed by atoms with Crippen LogP contribution < -0.4 is 0 Å². The van der Waals surface area contributed by atoms with Gasteiger partial charge in [0.15, 0.2) is 4.31 Å². The SMILES string of the molecule is O=[P+](O)O[P+](=O)O.[Ti]. The largest absolute Gasteiger partial charge is 0.745 e. The Kier molecular flexibility index (Phi) is 8.57. The molecule has 0 aliphatic carbocycles. The summed E-state index contributed by atoms with van der Waals surface area (Å²) in [5.41, 5.74) is 0. The monoisotopic (exact) mass is 192 g/mol. The second kappa shape index (κ2) is 5.92. The Morgan fingerprint density at radius 2 is 1.38 bits per heavy atom. The summed E-state index contributed by atoms with van der Waals surface area (Å²) in [5.74, 6) is 0. The molecule has 2 atom stereocenters. The molecule has 2 N–H and O–H groups in total. The molecule has 0 aliphatic rings. The van der Waals surface area contributed by atoms with Gasteiger partial charge in [0.25, 0.3) is 0 Å². The van der Waals surface area contributed by atoms with E-state index in [1.807, 2.05) is 0 Å². The maximum absolute atomic E-state index is 9.39. The molecular formula is H2O5P2Ti+2. The van der Waals surface area contributed by atoms with Gasteiger partial charge in [-0.3, -0.25) is 0 Å². The van der Waals surface area contributed by atoms with Gasteiger partial charge in [-0.2, -0.15) is 0 Å². The predicted molar refractivity (Wildman–Crippen MR) is 20.7 cm³/mol. The average molecular weight is 192 g/mol. The Balaban J connectivity index is 0. The molecule has 0 fully saturated rings. The van der Waals surface area contributed by atoms with Crippen molar-refractivity contribution >= 4 is 16.5 Å². The molecule has 8 heavy (non-hydrogen) atoms. The molecular weight excluding hydrogens is 190 g/mol. The summed E-state index contributed by atoms with van der Waals surface area (Å²) in [5, 5.41) is 0. The molecule has 0 saturated carbocycles. The van der Waals surface area contributed by atoms with Crippen molar-refractivity contribution in [3.05, 3.63) is 0 Å². The van der Waals surface area contributed by atoms with Gasteiger partial charge in [0, 0.05) is 30.8 Å². The maximum atomic E-state index is 9.39. The molecule has 0 radical (unpaired) electrons. The van der Waals surface area contributed by atoms with Crippen LogP contribution in [0.1, 0.15) is 0 Å². The molecule has 0 aromatic rings. The smallest absolute Gasteiger partial charge is 0.131 e. The normalized spacial score (nSPS) is 11.8. The summed E-state index contributed by atoms with van der Waals surface area (Å²) in [6.45, 7) is 0. The van der Waals surface area contributed by atoms with Gasteiger partial charge in [-0.25, -0.2) is 0 Å². The van der Waals surface area contributed by atoms with E-state index in [1.165, 1.54) is 0 Å². The van der Waals surface area contributed by atoms with Crippen LogP contribution in [0, 0.1) is 0 Å². The van der Waals surface area contributed by atoms with Crippen LogP contribution in [0.4, 0.5) is 0 Å². The fraction of sp³-hybridized carbons (Fsp3) is 0. The first-order chi connectivity index (χ1) is 3.13. The van der Waals surface area contributed by atoms with Gasteiger partial charge in [-0.1, -0.05) is 0 Å². The van der Waals surface area contributed by atoms with E-state index in [4.69, 9.17) is 9.79 Å². The van der Waals surface area contributed by atoms with Gasteiger partial charge >= 0.3 is 16.5 Å². The Morgan fingerprint density at radius 1 is 1.12 bits per heavy atom. The van der Waals surface area contributed by atoms with E-state index in [9.17, 15) is 9.13 Å². The van der Waals surface area contributed by atoms with Crippen LogP contribution in [-0.4, -0.2) is 9.79 Å². The third kappa shape index (κ3) is 9.92. The first-order valence-corrected chi connectivity index (χ1v) is 3.39. The van der Waals surface area contributed by atoms with Crippen LogP contribution in [0.2, 0.25) is 0 Å². The van der Waals surface area contributed by atoms with E-state index < -0.39 is 16.5 Å². The second-order valence-corrected chi connectivity index (χ2v) is 2.16. The molecule has 2 unspecified atom stereocenters. The maximum Gasteiger partial charge on any atom is 0.745 e. The third-order valence-electron chi connectivity index (χ3n) is 0.140. The molecule has 0 heterocycles. The van der Waals surface area contributed by atoms with Gasteiger partial charge in [0.2, 0.25) is 0 Å². The van der Waals surface area contributed by atoms with Crippen molar-refractivity contribution in [2.45, 2.75) is 0 Å². The Hall–Kier alpha value is 0.794. The zero-order valence-corrected chi connectivity index (χ0v) is 6.86. The fourth-order valence-electron chi connectivity index (χ4n) is 0.0598. The third-order valence-corrected chi connectivity index (χ3v) is 1.26.